The number of carboxylic acids is 1. The summed E-state index contributed by atoms with van der Waals surface area (Å²) < 4.78 is 47.9. The van der Waals surface area contributed by atoms with E-state index >= 15 is 0 Å². The maximum atomic E-state index is 12.1. The highest BCUT2D eigenvalue weighted by atomic mass is 32.2. The normalized spacial score (nSPS) is 11.5. The molecule has 0 aliphatic carbocycles. The van der Waals surface area contributed by atoms with E-state index in [-0.39, 0.29) is 11.5 Å². The molecule has 0 bridgehead atoms. The van der Waals surface area contributed by atoms with Gasteiger partial charge in [0, 0.05) is 30.3 Å². The van der Waals surface area contributed by atoms with E-state index in [1.165, 1.54) is 6.26 Å². The van der Waals surface area contributed by atoms with Gasteiger partial charge in [0.1, 0.15) is 42.8 Å². The molecule has 0 saturated heterocycles. The smallest absolute Gasteiger partial charge is 0.329 e. The van der Waals surface area contributed by atoms with Crippen LogP contribution in [0.25, 0.3) is 21.9 Å². The van der Waals surface area contributed by atoms with Crippen molar-refractivity contribution in [2.75, 3.05) is 45.7 Å². The highest BCUT2D eigenvalue weighted by Gasteiger charge is 2.15. The van der Waals surface area contributed by atoms with Crippen LogP contribution in [0.2, 0.25) is 0 Å². The van der Waals surface area contributed by atoms with E-state index in [9.17, 15) is 13.2 Å². The quantitative estimate of drug-likeness (QED) is 0.104. The maximum Gasteiger partial charge on any atom is 0.329 e. The van der Waals surface area contributed by atoms with Crippen LogP contribution in [0.3, 0.4) is 0 Å². The molecule has 0 atom stereocenters. The highest BCUT2D eigenvalue weighted by molar-refractivity contribution is 7.90. The maximum absolute atomic E-state index is 12.1. The topological polar surface area (TPSA) is 112 Å². The van der Waals surface area contributed by atoms with Gasteiger partial charge in [-0.15, -0.1) is 0 Å². The fourth-order valence-corrected chi connectivity index (χ4v) is 5.76. The van der Waals surface area contributed by atoms with Gasteiger partial charge < -0.3 is 24.1 Å². The Kier molecular flexibility index (Phi) is 11.7. The summed E-state index contributed by atoms with van der Waals surface area (Å²) in [6.45, 7) is 5.05. The largest absolute Gasteiger partial charge is 0.492 e. The first-order valence-electron chi connectivity index (χ1n) is 15.7. The van der Waals surface area contributed by atoms with Gasteiger partial charge in [0.25, 0.3) is 0 Å². The van der Waals surface area contributed by atoms with Gasteiger partial charge in [-0.3, -0.25) is 4.90 Å². The molecular formula is C38H39NO8S. The standard InChI is InChI=1S/C38H39NO8S/c1-3-39(21-23-44-27-37(40)41)22-24-45-31-12-14-32(15-13-31)47-38-35(29-9-17-34(18-10-29)48(2,42)43)19-11-30-25-33(16-20-36(30)38)46-26-28-7-5-4-6-8-28/h4-20,25H,3,21-24,26-27H2,1-2H3,(H,40,41). The van der Waals surface area contributed by atoms with Crippen molar-refractivity contribution in [3.8, 4) is 34.1 Å². The van der Waals surface area contributed by atoms with E-state index < -0.39 is 15.8 Å². The summed E-state index contributed by atoms with van der Waals surface area (Å²) in [6, 6.07) is 34.0. The number of aliphatic carboxylic acids is 1. The first-order chi connectivity index (χ1) is 23.2. The van der Waals surface area contributed by atoms with E-state index in [1.807, 2.05) is 91.9 Å². The number of carbonyl (C=O) groups is 1. The summed E-state index contributed by atoms with van der Waals surface area (Å²) in [5, 5.41) is 10.5. The molecule has 10 heteroatoms. The second-order valence-electron chi connectivity index (χ2n) is 11.2. The molecule has 5 aromatic carbocycles. The highest BCUT2D eigenvalue weighted by Crippen LogP contribution is 2.41. The van der Waals surface area contributed by atoms with Gasteiger partial charge in [0.2, 0.25) is 0 Å². The van der Waals surface area contributed by atoms with Gasteiger partial charge in [-0.1, -0.05) is 55.5 Å². The zero-order valence-electron chi connectivity index (χ0n) is 27.0. The van der Waals surface area contributed by atoms with E-state index in [2.05, 4.69) is 4.90 Å². The molecule has 1 N–H and O–H groups in total. The zero-order valence-corrected chi connectivity index (χ0v) is 27.8. The Morgan fingerprint density at radius 1 is 0.771 bits per heavy atom. The number of rotatable bonds is 17. The van der Waals surface area contributed by atoms with E-state index in [0.29, 0.717) is 50.2 Å². The van der Waals surface area contributed by atoms with Gasteiger partial charge in [0.05, 0.1) is 11.5 Å². The van der Waals surface area contributed by atoms with Crippen molar-refractivity contribution < 1.29 is 37.3 Å². The van der Waals surface area contributed by atoms with Crippen LogP contribution in [0.15, 0.2) is 114 Å². The fourth-order valence-electron chi connectivity index (χ4n) is 5.12. The van der Waals surface area contributed by atoms with Crippen LogP contribution in [0.1, 0.15) is 12.5 Å². The van der Waals surface area contributed by atoms with Crippen molar-refractivity contribution in [1.29, 1.82) is 0 Å². The number of hydrogen-bond donors (Lipinski definition) is 1. The molecule has 0 aliphatic rings. The lowest BCUT2D eigenvalue weighted by atomic mass is 9.99. The van der Waals surface area contributed by atoms with E-state index in [0.717, 1.165) is 39.8 Å². The minimum atomic E-state index is -3.34. The lowest BCUT2D eigenvalue weighted by Gasteiger charge is -2.20. The summed E-state index contributed by atoms with van der Waals surface area (Å²) >= 11 is 0. The van der Waals surface area contributed by atoms with Crippen molar-refractivity contribution in [3.05, 3.63) is 115 Å². The lowest BCUT2D eigenvalue weighted by Crippen LogP contribution is -2.32. The van der Waals surface area contributed by atoms with Crippen LogP contribution in [0, 0.1) is 0 Å². The molecule has 0 unspecified atom stereocenters. The molecule has 250 valence electrons. The Hall–Kier alpha value is -4.90. The molecule has 0 aliphatic heterocycles. The summed E-state index contributed by atoms with van der Waals surface area (Å²) in [7, 11) is -3.34. The molecule has 9 nitrogen and oxygen atoms in total. The molecule has 0 radical (unpaired) electrons. The summed E-state index contributed by atoms with van der Waals surface area (Å²) in [5.74, 6) is 1.69. The average Bonchev–Trinajstić information content (AvgIpc) is 3.09. The molecule has 0 aromatic heterocycles. The zero-order chi connectivity index (χ0) is 33.9. The number of ether oxygens (including phenoxy) is 4. The predicted molar refractivity (Wildman–Crippen MR) is 186 cm³/mol. The van der Waals surface area contributed by atoms with Crippen LogP contribution in [-0.4, -0.2) is 70.1 Å². The van der Waals surface area contributed by atoms with E-state index in [4.69, 9.17) is 24.1 Å². The van der Waals surface area contributed by atoms with Gasteiger partial charge in [-0.2, -0.15) is 0 Å². The predicted octanol–water partition coefficient (Wildman–Crippen LogP) is 7.08. The third kappa shape index (κ3) is 9.57. The number of sulfone groups is 1. The van der Waals surface area contributed by atoms with Crippen molar-refractivity contribution in [1.82, 2.24) is 4.90 Å². The third-order valence-electron chi connectivity index (χ3n) is 7.73. The van der Waals surface area contributed by atoms with Gasteiger partial charge in [-0.25, -0.2) is 13.2 Å². The number of fused-ring (bicyclic) bond motifs is 1. The van der Waals surface area contributed by atoms with Crippen LogP contribution in [0.5, 0.6) is 23.0 Å². The van der Waals surface area contributed by atoms with E-state index in [1.54, 1.807) is 24.3 Å². The lowest BCUT2D eigenvalue weighted by molar-refractivity contribution is -0.142. The summed E-state index contributed by atoms with van der Waals surface area (Å²) in [4.78, 5) is 13.0. The Morgan fingerprint density at radius 2 is 1.46 bits per heavy atom. The van der Waals surface area contributed by atoms with Crippen LogP contribution in [0.4, 0.5) is 0 Å². The van der Waals surface area contributed by atoms with Gasteiger partial charge in [-0.05, 0) is 83.7 Å². The molecule has 0 spiro atoms. The Morgan fingerprint density at radius 3 is 2.15 bits per heavy atom. The monoisotopic (exact) mass is 669 g/mol. The first kappa shape index (κ1) is 34.4. The molecule has 48 heavy (non-hydrogen) atoms. The summed E-state index contributed by atoms with van der Waals surface area (Å²) in [5.41, 5.74) is 2.71. The van der Waals surface area contributed by atoms with Gasteiger partial charge in [0.15, 0.2) is 9.84 Å². The minimum Gasteiger partial charge on any atom is -0.492 e. The minimum absolute atomic E-state index is 0.249. The van der Waals surface area contributed by atoms with Crippen LogP contribution < -0.4 is 14.2 Å². The Labute approximate surface area is 281 Å². The van der Waals surface area contributed by atoms with Crippen LogP contribution in [-0.2, 0) is 26.0 Å². The molecule has 0 saturated carbocycles. The number of nitrogens with zero attached hydrogens (tertiary/aromatic N) is 1. The molecule has 5 rings (SSSR count). The molecule has 0 fully saturated rings. The first-order valence-corrected chi connectivity index (χ1v) is 17.6. The molecular weight excluding hydrogens is 630 g/mol. The fraction of sp³-hybridized carbons (Fsp3) is 0.237. The van der Waals surface area contributed by atoms with Crippen molar-refractivity contribution in [2.45, 2.75) is 18.4 Å². The molecule has 0 amide bonds. The van der Waals surface area contributed by atoms with Crippen molar-refractivity contribution >= 4 is 26.6 Å². The van der Waals surface area contributed by atoms with Gasteiger partial charge >= 0.3 is 5.97 Å². The number of hydrogen-bond acceptors (Lipinski definition) is 8. The van der Waals surface area contributed by atoms with Crippen molar-refractivity contribution in [3.63, 3.8) is 0 Å². The second kappa shape index (κ2) is 16.3. The number of carboxylic acid groups (broad SMARTS) is 1. The Bertz CT molecular complexity index is 1910. The Balaban J connectivity index is 1.33. The third-order valence-corrected chi connectivity index (χ3v) is 8.86. The molecule has 0 heterocycles. The SMILES string of the molecule is CCN(CCOCC(=O)O)CCOc1ccc(Oc2c(-c3ccc(S(C)(=O)=O)cc3)ccc3cc(OCc4ccccc4)ccc23)cc1. The van der Waals surface area contributed by atoms with Crippen molar-refractivity contribution in [2.24, 2.45) is 0 Å². The average molecular weight is 670 g/mol. The number of likely N-dealkylation sites (N-methyl/N-ethyl adjacent to an activating group) is 1. The second-order valence-corrected chi connectivity index (χ2v) is 13.2. The molecule has 5 aromatic rings. The summed E-state index contributed by atoms with van der Waals surface area (Å²) in [6.07, 6.45) is 1.19. The number of benzene rings is 5. The van der Waals surface area contributed by atoms with Crippen LogP contribution >= 0.6 is 0 Å².